The van der Waals surface area contributed by atoms with E-state index in [2.05, 4.69) is 0 Å². The maximum absolute atomic E-state index is 12.4. The van der Waals surface area contributed by atoms with Gasteiger partial charge >= 0.3 is 0 Å². The highest BCUT2D eigenvalue weighted by molar-refractivity contribution is 6.36. The number of carbonyl (C=O) groups is 1. The molecule has 1 amide bonds. The molecule has 0 aliphatic carbocycles. The van der Waals surface area contributed by atoms with Gasteiger partial charge in [0.1, 0.15) is 5.75 Å². The summed E-state index contributed by atoms with van der Waals surface area (Å²) in [6.45, 7) is 0.618. The number of phenols is 3. The van der Waals surface area contributed by atoms with Crippen LogP contribution in [0.5, 0.6) is 17.2 Å². The molecular weight excluding hydrogens is 365 g/mol. The van der Waals surface area contributed by atoms with Gasteiger partial charge in [-0.05, 0) is 41.3 Å². The fraction of sp³-hybridized carbons (Fsp3) is 0.167. The summed E-state index contributed by atoms with van der Waals surface area (Å²) in [6, 6.07) is 6.47. The van der Waals surface area contributed by atoms with Crippen LogP contribution < -0.4 is 0 Å². The van der Waals surface area contributed by atoms with Crippen molar-refractivity contribution in [1.82, 2.24) is 4.90 Å². The van der Waals surface area contributed by atoms with Gasteiger partial charge in [0.15, 0.2) is 11.5 Å². The van der Waals surface area contributed by atoms with Crippen molar-refractivity contribution in [3.63, 3.8) is 0 Å². The normalized spacial score (nSPS) is 13.9. The number of hydrogen-bond donors (Lipinski definition) is 3. The van der Waals surface area contributed by atoms with Gasteiger partial charge in [0, 0.05) is 19.2 Å². The minimum atomic E-state index is -0.473. The molecule has 0 unspecified atom stereocenters. The Balaban J connectivity index is 1.80. The Morgan fingerprint density at radius 3 is 2.24 bits per heavy atom. The average Bonchev–Trinajstić information content (AvgIpc) is 2.63. The van der Waals surface area contributed by atoms with Crippen molar-refractivity contribution in [3.05, 3.63) is 57.1 Å². The Labute approximate surface area is 154 Å². The Bertz CT molecular complexity index is 863. The Morgan fingerprint density at radius 1 is 1.00 bits per heavy atom. The first kappa shape index (κ1) is 17.5. The molecule has 1 heterocycles. The minimum absolute atomic E-state index is 0.0110. The highest BCUT2D eigenvalue weighted by atomic mass is 35.5. The maximum atomic E-state index is 12.4. The average molecular weight is 380 g/mol. The van der Waals surface area contributed by atoms with E-state index in [9.17, 15) is 20.1 Å². The Morgan fingerprint density at radius 2 is 1.60 bits per heavy atom. The zero-order valence-corrected chi connectivity index (χ0v) is 14.6. The third kappa shape index (κ3) is 3.38. The highest BCUT2D eigenvalue weighted by Crippen LogP contribution is 2.46. The molecule has 0 radical (unpaired) electrons. The largest absolute Gasteiger partial charge is 0.508 e. The van der Waals surface area contributed by atoms with E-state index in [1.807, 2.05) is 0 Å². The number of halogens is 2. The molecule has 3 rings (SSSR count). The number of hydrogen-bond acceptors (Lipinski definition) is 4. The van der Waals surface area contributed by atoms with E-state index in [0.717, 1.165) is 5.56 Å². The monoisotopic (exact) mass is 379 g/mol. The van der Waals surface area contributed by atoms with Gasteiger partial charge in [-0.3, -0.25) is 4.79 Å². The van der Waals surface area contributed by atoms with Crippen molar-refractivity contribution in [1.29, 1.82) is 0 Å². The van der Waals surface area contributed by atoms with E-state index in [-0.39, 0.29) is 28.2 Å². The second kappa shape index (κ2) is 6.86. The van der Waals surface area contributed by atoms with Crippen LogP contribution in [0.2, 0.25) is 10.0 Å². The predicted octanol–water partition coefficient (Wildman–Crippen LogP) is 3.71. The molecule has 0 fully saturated rings. The summed E-state index contributed by atoms with van der Waals surface area (Å²) in [7, 11) is 0. The summed E-state index contributed by atoms with van der Waals surface area (Å²) >= 11 is 12.2. The van der Waals surface area contributed by atoms with Crippen LogP contribution in [-0.2, 0) is 17.8 Å². The van der Waals surface area contributed by atoms with Gasteiger partial charge in [0.2, 0.25) is 5.91 Å². The molecule has 0 saturated carbocycles. The summed E-state index contributed by atoms with van der Waals surface area (Å²) in [5, 5.41) is 29.0. The lowest BCUT2D eigenvalue weighted by molar-refractivity contribution is -0.126. The van der Waals surface area contributed by atoms with Crippen LogP contribution in [0.3, 0.4) is 0 Å². The number of aromatic hydroxyl groups is 3. The number of amides is 1. The Kier molecular flexibility index (Phi) is 4.79. The van der Waals surface area contributed by atoms with E-state index in [1.165, 1.54) is 18.2 Å². The third-order valence-corrected chi connectivity index (χ3v) is 4.95. The fourth-order valence-corrected chi connectivity index (χ4v) is 3.31. The van der Waals surface area contributed by atoms with E-state index >= 15 is 0 Å². The lowest BCUT2D eigenvalue weighted by atomic mass is 9.98. The van der Waals surface area contributed by atoms with Gasteiger partial charge in [0.05, 0.1) is 10.0 Å². The first-order valence-electron chi connectivity index (χ1n) is 7.55. The minimum Gasteiger partial charge on any atom is -0.508 e. The third-order valence-electron chi connectivity index (χ3n) is 4.14. The zero-order chi connectivity index (χ0) is 18.1. The second-order valence-corrected chi connectivity index (χ2v) is 6.47. The number of rotatable bonds is 2. The first-order chi connectivity index (χ1) is 11.9. The van der Waals surface area contributed by atoms with Crippen molar-refractivity contribution < 1.29 is 20.1 Å². The van der Waals surface area contributed by atoms with Crippen molar-refractivity contribution in [2.75, 3.05) is 6.54 Å². The molecule has 25 heavy (non-hydrogen) atoms. The van der Waals surface area contributed by atoms with E-state index in [1.54, 1.807) is 23.1 Å². The van der Waals surface area contributed by atoms with Crippen LogP contribution >= 0.6 is 23.2 Å². The molecule has 0 aromatic heterocycles. The van der Waals surface area contributed by atoms with Crippen molar-refractivity contribution in [2.24, 2.45) is 0 Å². The summed E-state index contributed by atoms with van der Waals surface area (Å²) in [4.78, 5) is 14.0. The molecule has 0 spiro atoms. The number of benzene rings is 2. The molecule has 1 aliphatic rings. The molecule has 0 bridgehead atoms. The summed E-state index contributed by atoms with van der Waals surface area (Å²) in [5.41, 5.74) is 1.97. The zero-order valence-electron chi connectivity index (χ0n) is 13.0. The molecular formula is C18H15Cl2NO4. The molecule has 3 N–H and O–H groups in total. The smallest absolute Gasteiger partial charge is 0.246 e. The van der Waals surface area contributed by atoms with Gasteiger partial charge < -0.3 is 20.2 Å². The van der Waals surface area contributed by atoms with Crippen LogP contribution in [0.4, 0.5) is 0 Å². The van der Waals surface area contributed by atoms with Gasteiger partial charge in [-0.1, -0.05) is 35.3 Å². The molecule has 2 aromatic carbocycles. The number of nitrogens with zero attached hydrogens (tertiary/aromatic N) is 1. The van der Waals surface area contributed by atoms with Crippen molar-refractivity contribution in [3.8, 4) is 17.2 Å². The number of phenolic OH excluding ortho intramolecular Hbond substituents is 3. The molecule has 2 aromatic rings. The van der Waals surface area contributed by atoms with Crippen LogP contribution in [0.15, 0.2) is 30.3 Å². The number of fused-ring (bicyclic) bond motifs is 1. The van der Waals surface area contributed by atoms with E-state index in [0.29, 0.717) is 24.1 Å². The number of carbonyl (C=O) groups excluding carboxylic acids is 1. The summed E-state index contributed by atoms with van der Waals surface area (Å²) in [6.07, 6.45) is 3.52. The molecule has 0 saturated heterocycles. The first-order valence-corrected chi connectivity index (χ1v) is 8.30. The summed E-state index contributed by atoms with van der Waals surface area (Å²) in [5.74, 6) is -0.957. The SMILES string of the molecule is O=C(/C=C/c1ccc(O)cc1)N1CCc2c(Cl)c(O)c(O)c(Cl)c2C1. The van der Waals surface area contributed by atoms with Crippen LogP contribution in [0.25, 0.3) is 6.08 Å². The molecule has 5 nitrogen and oxygen atoms in total. The lowest BCUT2D eigenvalue weighted by Crippen LogP contribution is -2.35. The van der Waals surface area contributed by atoms with Crippen molar-refractivity contribution in [2.45, 2.75) is 13.0 Å². The molecule has 1 aliphatic heterocycles. The van der Waals surface area contributed by atoms with Gasteiger partial charge in [-0.25, -0.2) is 0 Å². The lowest BCUT2D eigenvalue weighted by Gasteiger charge is -2.30. The van der Waals surface area contributed by atoms with E-state index < -0.39 is 11.5 Å². The van der Waals surface area contributed by atoms with Gasteiger partial charge in [-0.15, -0.1) is 0 Å². The van der Waals surface area contributed by atoms with Gasteiger partial charge in [-0.2, -0.15) is 0 Å². The molecule has 7 heteroatoms. The second-order valence-electron chi connectivity index (χ2n) is 5.72. The molecule has 0 atom stereocenters. The van der Waals surface area contributed by atoms with Gasteiger partial charge in [0.25, 0.3) is 0 Å². The van der Waals surface area contributed by atoms with Crippen LogP contribution in [-0.4, -0.2) is 32.7 Å². The van der Waals surface area contributed by atoms with E-state index in [4.69, 9.17) is 23.2 Å². The fourth-order valence-electron chi connectivity index (χ4n) is 2.75. The highest BCUT2D eigenvalue weighted by Gasteiger charge is 2.27. The Hall–Kier alpha value is -2.37. The molecule has 130 valence electrons. The quantitative estimate of drug-likeness (QED) is 0.548. The topological polar surface area (TPSA) is 81.0 Å². The van der Waals surface area contributed by atoms with Crippen molar-refractivity contribution >= 4 is 35.2 Å². The van der Waals surface area contributed by atoms with Crippen LogP contribution in [0, 0.1) is 0 Å². The maximum Gasteiger partial charge on any atom is 0.246 e. The standard InChI is InChI=1S/C18H15Cl2NO4/c19-15-12-7-8-21(9-13(12)16(20)18(25)17(15)24)14(23)6-3-10-1-4-11(22)5-2-10/h1-6,22,24-25H,7-9H2/b6-3+. The van der Waals surface area contributed by atoms with Crippen LogP contribution in [0.1, 0.15) is 16.7 Å². The summed E-state index contributed by atoms with van der Waals surface area (Å²) < 4.78 is 0. The predicted molar refractivity (Wildman–Crippen MR) is 96.1 cm³/mol.